The highest BCUT2D eigenvalue weighted by atomic mass is 16.7. The molecule has 0 aromatic rings. The molecule has 1 aliphatic rings. The highest BCUT2D eigenvalue weighted by molar-refractivity contribution is 4.92. The average molecular weight is 569 g/mol. The van der Waals surface area contributed by atoms with Crippen LogP contribution in [0.5, 0.6) is 0 Å². The summed E-state index contributed by atoms with van der Waals surface area (Å²) >= 11 is 0. The zero-order valence-corrected chi connectivity index (χ0v) is 25.2. The van der Waals surface area contributed by atoms with Crippen LogP contribution in [0.25, 0.3) is 0 Å². The number of aliphatic hydroxyl groups excluding tert-OH is 6. The van der Waals surface area contributed by atoms with E-state index in [1.54, 1.807) is 0 Å². The van der Waals surface area contributed by atoms with Crippen molar-refractivity contribution >= 4 is 0 Å². The lowest BCUT2D eigenvalue weighted by molar-refractivity contribution is -0.325. The molecule has 0 spiro atoms. The third-order valence-electron chi connectivity index (χ3n) is 7.49. The smallest absolute Gasteiger partial charge is 0.186 e. The van der Waals surface area contributed by atoms with Gasteiger partial charge < -0.3 is 54.3 Å². The Morgan fingerprint density at radius 3 is 2.05 bits per heavy atom. The van der Waals surface area contributed by atoms with Gasteiger partial charge in [-0.3, -0.25) is 0 Å². The predicted octanol–water partition coefficient (Wildman–Crippen LogP) is 0.983. The molecule has 39 heavy (non-hydrogen) atoms. The van der Waals surface area contributed by atoms with Gasteiger partial charge in [-0.15, -0.1) is 0 Å². The summed E-state index contributed by atoms with van der Waals surface area (Å²) in [6.07, 6.45) is -7.48. The van der Waals surface area contributed by atoms with Crippen molar-refractivity contribution in [2.24, 2.45) is 11.3 Å². The summed E-state index contributed by atoms with van der Waals surface area (Å²) in [6.45, 7) is 14.3. The lowest BCUT2D eigenvalue weighted by Gasteiger charge is -2.45. The number of rotatable bonds is 19. The van der Waals surface area contributed by atoms with Crippen molar-refractivity contribution in [2.45, 2.75) is 135 Å². The van der Waals surface area contributed by atoms with Crippen molar-refractivity contribution in [3.63, 3.8) is 0 Å². The van der Waals surface area contributed by atoms with Crippen LogP contribution in [0.1, 0.15) is 74.7 Å². The molecule has 1 rings (SSSR count). The standard InChI is InChI=1S/C28H56O11/c1-9-27(5,6)25(20(32)13-30)37-19(12-29)15-36-26-23(34)22(33)24(39-28(7,8)10-2)21(38-26)16-35-14-18(31)11-17(3)4/h17-26,29-34H,9-16H2,1-8H3/t18?,19?,20?,21?,22?,23?,24?,25-,26?/m1/s1. The van der Waals surface area contributed by atoms with Crippen LogP contribution in [0.3, 0.4) is 0 Å². The van der Waals surface area contributed by atoms with E-state index in [0.717, 1.165) is 0 Å². The highest BCUT2D eigenvalue weighted by Crippen LogP contribution is 2.32. The first-order valence-electron chi connectivity index (χ1n) is 14.2. The largest absolute Gasteiger partial charge is 0.394 e. The molecule has 0 radical (unpaired) electrons. The Kier molecular flexibility index (Phi) is 15.8. The van der Waals surface area contributed by atoms with Crippen LogP contribution in [0.4, 0.5) is 0 Å². The van der Waals surface area contributed by atoms with Crippen LogP contribution < -0.4 is 0 Å². The maximum Gasteiger partial charge on any atom is 0.186 e. The zero-order chi connectivity index (χ0) is 30.0. The van der Waals surface area contributed by atoms with Crippen molar-refractivity contribution in [1.82, 2.24) is 0 Å². The Morgan fingerprint density at radius 1 is 0.897 bits per heavy atom. The summed E-state index contributed by atoms with van der Waals surface area (Å²) < 4.78 is 29.6. The van der Waals surface area contributed by atoms with E-state index < -0.39 is 79.4 Å². The summed E-state index contributed by atoms with van der Waals surface area (Å²) in [7, 11) is 0. The fourth-order valence-electron chi connectivity index (χ4n) is 4.34. The second-order valence-corrected chi connectivity index (χ2v) is 12.3. The van der Waals surface area contributed by atoms with Gasteiger partial charge in [0.05, 0.1) is 50.8 Å². The summed E-state index contributed by atoms with van der Waals surface area (Å²) in [6, 6.07) is 0. The van der Waals surface area contributed by atoms with Gasteiger partial charge >= 0.3 is 0 Å². The number of aliphatic hydroxyl groups is 6. The molecule has 9 atom stereocenters. The van der Waals surface area contributed by atoms with E-state index in [0.29, 0.717) is 25.2 Å². The van der Waals surface area contributed by atoms with E-state index in [2.05, 4.69) is 0 Å². The van der Waals surface area contributed by atoms with Gasteiger partial charge in [-0.1, -0.05) is 41.5 Å². The fraction of sp³-hybridized carbons (Fsp3) is 1.00. The van der Waals surface area contributed by atoms with Crippen molar-refractivity contribution < 1.29 is 54.3 Å². The van der Waals surface area contributed by atoms with Gasteiger partial charge in [-0.25, -0.2) is 0 Å². The topological polar surface area (TPSA) is 168 Å². The van der Waals surface area contributed by atoms with E-state index in [9.17, 15) is 30.6 Å². The van der Waals surface area contributed by atoms with Crippen LogP contribution >= 0.6 is 0 Å². The van der Waals surface area contributed by atoms with Crippen LogP contribution in [0.15, 0.2) is 0 Å². The summed E-state index contributed by atoms with van der Waals surface area (Å²) in [5.74, 6) is 0.299. The second kappa shape index (κ2) is 16.9. The number of hydrogen-bond acceptors (Lipinski definition) is 11. The molecule has 0 bridgehead atoms. The highest BCUT2D eigenvalue weighted by Gasteiger charge is 2.48. The first kappa shape index (κ1) is 36.6. The normalized spacial score (nSPS) is 27.9. The molecule has 0 aromatic carbocycles. The molecule has 0 aromatic heterocycles. The van der Waals surface area contributed by atoms with Crippen molar-refractivity contribution in [1.29, 1.82) is 0 Å². The van der Waals surface area contributed by atoms with E-state index in [1.165, 1.54) is 0 Å². The zero-order valence-electron chi connectivity index (χ0n) is 25.2. The van der Waals surface area contributed by atoms with Crippen molar-refractivity contribution in [2.75, 3.05) is 33.0 Å². The van der Waals surface area contributed by atoms with E-state index in [4.69, 9.17) is 23.7 Å². The molecule has 0 amide bonds. The minimum Gasteiger partial charge on any atom is -0.394 e. The van der Waals surface area contributed by atoms with Gasteiger partial charge in [-0.2, -0.15) is 0 Å². The van der Waals surface area contributed by atoms with Crippen LogP contribution in [-0.2, 0) is 23.7 Å². The first-order valence-corrected chi connectivity index (χ1v) is 14.2. The fourth-order valence-corrected chi connectivity index (χ4v) is 4.34. The molecular weight excluding hydrogens is 512 g/mol. The summed E-state index contributed by atoms with van der Waals surface area (Å²) in [4.78, 5) is 0. The van der Waals surface area contributed by atoms with Gasteiger partial charge in [0.25, 0.3) is 0 Å². The third-order valence-corrected chi connectivity index (χ3v) is 7.49. The maximum atomic E-state index is 11.0. The Morgan fingerprint density at radius 2 is 1.54 bits per heavy atom. The lowest BCUT2D eigenvalue weighted by Crippen LogP contribution is -2.62. The molecular formula is C28H56O11. The van der Waals surface area contributed by atoms with Gasteiger partial charge in [0.2, 0.25) is 0 Å². The van der Waals surface area contributed by atoms with Crippen LogP contribution in [0.2, 0.25) is 0 Å². The minimum atomic E-state index is -1.46. The second-order valence-electron chi connectivity index (χ2n) is 12.3. The molecule has 1 fully saturated rings. The van der Waals surface area contributed by atoms with Gasteiger partial charge in [0, 0.05) is 0 Å². The molecule has 0 aliphatic carbocycles. The molecule has 1 aliphatic heterocycles. The molecule has 1 saturated heterocycles. The van der Waals surface area contributed by atoms with Gasteiger partial charge in [0.15, 0.2) is 6.29 Å². The Bertz CT molecular complexity index is 659. The summed E-state index contributed by atoms with van der Waals surface area (Å²) in [5.41, 5.74) is -1.12. The van der Waals surface area contributed by atoms with E-state index >= 15 is 0 Å². The first-order chi connectivity index (χ1) is 18.1. The number of hydrogen-bond donors (Lipinski definition) is 6. The van der Waals surface area contributed by atoms with E-state index in [1.807, 2.05) is 55.4 Å². The SMILES string of the molecule is CCC(C)(C)OC1C(COCC(O)CC(C)C)OC(OCC(CO)O[C@H](C(O)CO)C(C)(C)CC)C(O)C1O. The van der Waals surface area contributed by atoms with E-state index in [-0.39, 0.29) is 19.8 Å². The molecule has 11 nitrogen and oxygen atoms in total. The molecule has 8 unspecified atom stereocenters. The van der Waals surface area contributed by atoms with Crippen LogP contribution in [-0.4, -0.2) is 124 Å². The quantitative estimate of drug-likeness (QED) is 0.131. The Hall–Kier alpha value is -0.440. The maximum absolute atomic E-state index is 11.0. The van der Waals surface area contributed by atoms with Crippen molar-refractivity contribution in [3.05, 3.63) is 0 Å². The Labute approximate surface area is 234 Å². The lowest BCUT2D eigenvalue weighted by atomic mass is 9.81. The molecule has 1 heterocycles. The minimum absolute atomic E-state index is 0.0152. The molecule has 0 saturated carbocycles. The molecule has 234 valence electrons. The van der Waals surface area contributed by atoms with Crippen molar-refractivity contribution in [3.8, 4) is 0 Å². The third kappa shape index (κ3) is 11.8. The monoisotopic (exact) mass is 568 g/mol. The van der Waals surface area contributed by atoms with Gasteiger partial charge in [-0.05, 0) is 44.4 Å². The molecule has 11 heteroatoms. The predicted molar refractivity (Wildman–Crippen MR) is 145 cm³/mol. The Balaban J connectivity index is 2.97. The van der Waals surface area contributed by atoms with Gasteiger partial charge in [0.1, 0.15) is 36.6 Å². The average Bonchev–Trinajstić information content (AvgIpc) is 2.87. The van der Waals surface area contributed by atoms with Crippen LogP contribution in [0, 0.1) is 11.3 Å². The number of ether oxygens (including phenoxy) is 5. The summed E-state index contributed by atoms with van der Waals surface area (Å²) in [5, 5.41) is 61.8. The molecule has 6 N–H and O–H groups in total.